The highest BCUT2D eigenvalue weighted by Gasteiger charge is 2.35. The van der Waals surface area contributed by atoms with Crippen molar-refractivity contribution in [3.05, 3.63) is 0 Å². The van der Waals surface area contributed by atoms with Crippen LogP contribution in [0.5, 0.6) is 0 Å². The fourth-order valence-electron chi connectivity index (χ4n) is 3.90. The monoisotopic (exact) mass is 308 g/mol. The van der Waals surface area contributed by atoms with Gasteiger partial charge >= 0.3 is 0 Å². The second kappa shape index (κ2) is 6.59. The molecule has 126 valence electrons. The highest BCUT2D eigenvalue weighted by Crippen LogP contribution is 2.27. The summed E-state index contributed by atoms with van der Waals surface area (Å²) < 4.78 is 0. The Morgan fingerprint density at radius 3 is 1.86 bits per heavy atom. The van der Waals surface area contributed by atoms with Crippen LogP contribution in [0.15, 0.2) is 0 Å². The molecule has 0 spiro atoms. The summed E-state index contributed by atoms with van der Waals surface area (Å²) >= 11 is 0. The molecule has 0 radical (unpaired) electrons. The van der Waals surface area contributed by atoms with Gasteiger partial charge in [-0.05, 0) is 31.1 Å². The van der Waals surface area contributed by atoms with Gasteiger partial charge in [-0.15, -0.1) is 0 Å². The minimum absolute atomic E-state index is 0.113. The van der Waals surface area contributed by atoms with E-state index in [9.17, 15) is 9.59 Å². The molecule has 2 aliphatic heterocycles. The van der Waals surface area contributed by atoms with Crippen LogP contribution in [0.1, 0.15) is 53.9 Å². The summed E-state index contributed by atoms with van der Waals surface area (Å²) in [6, 6.07) is 0. The van der Waals surface area contributed by atoms with Gasteiger partial charge < -0.3 is 9.80 Å². The fraction of sp³-hybridized carbons (Fsp3) is 0.889. The molecule has 2 amide bonds. The van der Waals surface area contributed by atoms with Gasteiger partial charge in [0.2, 0.25) is 11.8 Å². The van der Waals surface area contributed by atoms with E-state index in [1.807, 2.05) is 25.7 Å². The van der Waals surface area contributed by atoms with E-state index in [1.54, 1.807) is 0 Å². The van der Waals surface area contributed by atoms with Gasteiger partial charge in [0.15, 0.2) is 0 Å². The Morgan fingerprint density at radius 1 is 0.909 bits per heavy atom. The van der Waals surface area contributed by atoms with Crippen molar-refractivity contribution in [2.45, 2.75) is 53.9 Å². The lowest BCUT2D eigenvalue weighted by atomic mass is 9.88. The van der Waals surface area contributed by atoms with Gasteiger partial charge in [-0.3, -0.25) is 9.59 Å². The lowest BCUT2D eigenvalue weighted by Gasteiger charge is -2.40. The molecule has 0 aliphatic carbocycles. The smallest absolute Gasteiger partial charge is 0.227 e. The van der Waals surface area contributed by atoms with E-state index in [4.69, 9.17) is 0 Å². The first-order valence-electron chi connectivity index (χ1n) is 8.76. The Labute approximate surface area is 135 Å². The Kier molecular flexibility index (Phi) is 5.18. The maximum Gasteiger partial charge on any atom is 0.227 e. The minimum Gasteiger partial charge on any atom is -0.342 e. The molecule has 0 aromatic rings. The second-order valence-electron chi connectivity index (χ2n) is 8.51. The molecule has 0 aromatic carbocycles. The van der Waals surface area contributed by atoms with Crippen LogP contribution >= 0.6 is 0 Å². The summed E-state index contributed by atoms with van der Waals surface area (Å²) in [6.45, 7) is 13.6. The van der Waals surface area contributed by atoms with Gasteiger partial charge in [0, 0.05) is 37.5 Å². The molecule has 2 atom stereocenters. The van der Waals surface area contributed by atoms with Crippen molar-refractivity contribution in [3.63, 3.8) is 0 Å². The van der Waals surface area contributed by atoms with Crippen molar-refractivity contribution in [1.29, 1.82) is 0 Å². The summed E-state index contributed by atoms with van der Waals surface area (Å²) in [5, 5.41) is 0. The standard InChI is InChI=1S/C18H32N2O2/c1-13-10-14(2)12-20(11-13)16(21)15-6-8-19(9-7-15)17(22)18(3,4)5/h13-15H,6-12H2,1-5H3. The Morgan fingerprint density at radius 2 is 1.41 bits per heavy atom. The molecule has 2 unspecified atom stereocenters. The molecule has 2 aliphatic rings. The molecule has 22 heavy (non-hydrogen) atoms. The first-order chi connectivity index (χ1) is 10.2. The first kappa shape index (κ1) is 17.3. The van der Waals surface area contributed by atoms with E-state index in [0.717, 1.165) is 39.0 Å². The quantitative estimate of drug-likeness (QED) is 0.747. The fourth-order valence-corrected chi connectivity index (χ4v) is 3.90. The maximum atomic E-state index is 12.7. The lowest BCUT2D eigenvalue weighted by Crippen LogP contribution is -2.49. The molecule has 4 heteroatoms. The minimum atomic E-state index is -0.325. The lowest BCUT2D eigenvalue weighted by molar-refractivity contribution is -0.146. The molecule has 2 fully saturated rings. The number of hydrogen-bond donors (Lipinski definition) is 0. The van der Waals surface area contributed by atoms with Crippen LogP contribution in [0.3, 0.4) is 0 Å². The van der Waals surface area contributed by atoms with E-state index in [0.29, 0.717) is 17.7 Å². The van der Waals surface area contributed by atoms with Crippen LogP contribution in [-0.2, 0) is 9.59 Å². The van der Waals surface area contributed by atoms with E-state index in [2.05, 4.69) is 18.7 Å². The van der Waals surface area contributed by atoms with Gasteiger partial charge in [0.1, 0.15) is 0 Å². The molecular formula is C18H32N2O2. The van der Waals surface area contributed by atoms with Gasteiger partial charge in [-0.1, -0.05) is 34.6 Å². The number of rotatable bonds is 1. The normalized spacial score (nSPS) is 27.9. The zero-order chi connectivity index (χ0) is 16.5. The van der Waals surface area contributed by atoms with Crippen molar-refractivity contribution in [2.75, 3.05) is 26.2 Å². The Bertz CT molecular complexity index is 409. The van der Waals surface area contributed by atoms with Crippen molar-refractivity contribution in [2.24, 2.45) is 23.2 Å². The van der Waals surface area contributed by atoms with E-state index in [1.165, 1.54) is 6.42 Å². The number of likely N-dealkylation sites (tertiary alicyclic amines) is 2. The van der Waals surface area contributed by atoms with Gasteiger partial charge in [0.05, 0.1) is 0 Å². The highest BCUT2D eigenvalue weighted by molar-refractivity contribution is 5.82. The molecular weight excluding hydrogens is 276 g/mol. The number of hydrogen-bond acceptors (Lipinski definition) is 2. The number of carbonyl (C=O) groups is 2. The summed E-state index contributed by atoms with van der Waals surface area (Å²) in [5.41, 5.74) is -0.325. The Balaban J connectivity index is 1.89. The number of carbonyl (C=O) groups excluding carboxylic acids is 2. The zero-order valence-electron chi connectivity index (χ0n) is 14.9. The highest BCUT2D eigenvalue weighted by atomic mass is 16.2. The maximum absolute atomic E-state index is 12.7. The van der Waals surface area contributed by atoms with E-state index >= 15 is 0 Å². The average Bonchev–Trinajstić information content (AvgIpc) is 2.44. The molecule has 0 aromatic heterocycles. The van der Waals surface area contributed by atoms with Gasteiger partial charge in [0.25, 0.3) is 0 Å². The van der Waals surface area contributed by atoms with Crippen LogP contribution in [0.25, 0.3) is 0 Å². The van der Waals surface area contributed by atoms with E-state index in [-0.39, 0.29) is 17.2 Å². The summed E-state index contributed by atoms with van der Waals surface area (Å²) in [6.07, 6.45) is 2.86. The van der Waals surface area contributed by atoms with Crippen LogP contribution < -0.4 is 0 Å². The molecule has 0 N–H and O–H groups in total. The molecule has 2 rings (SSSR count). The predicted octanol–water partition coefficient (Wildman–Crippen LogP) is 2.78. The molecule has 2 heterocycles. The topological polar surface area (TPSA) is 40.6 Å². The SMILES string of the molecule is CC1CC(C)CN(C(=O)C2CCN(C(=O)C(C)(C)C)CC2)C1. The first-order valence-corrected chi connectivity index (χ1v) is 8.76. The van der Waals surface area contributed by atoms with Crippen molar-refractivity contribution in [3.8, 4) is 0 Å². The largest absolute Gasteiger partial charge is 0.342 e. The predicted molar refractivity (Wildman–Crippen MR) is 88.3 cm³/mol. The summed E-state index contributed by atoms with van der Waals surface area (Å²) in [7, 11) is 0. The van der Waals surface area contributed by atoms with Gasteiger partial charge in [-0.25, -0.2) is 0 Å². The third-order valence-corrected chi connectivity index (χ3v) is 4.95. The van der Waals surface area contributed by atoms with Crippen LogP contribution in [0.4, 0.5) is 0 Å². The van der Waals surface area contributed by atoms with Crippen LogP contribution in [0.2, 0.25) is 0 Å². The zero-order valence-corrected chi connectivity index (χ0v) is 14.9. The number of piperidine rings is 2. The van der Waals surface area contributed by atoms with Crippen molar-refractivity contribution >= 4 is 11.8 Å². The summed E-state index contributed by atoms with van der Waals surface area (Å²) in [5.74, 6) is 1.85. The third-order valence-electron chi connectivity index (χ3n) is 4.95. The third kappa shape index (κ3) is 4.02. The average molecular weight is 308 g/mol. The van der Waals surface area contributed by atoms with Crippen molar-refractivity contribution in [1.82, 2.24) is 9.80 Å². The van der Waals surface area contributed by atoms with Crippen molar-refractivity contribution < 1.29 is 9.59 Å². The molecule has 0 bridgehead atoms. The number of nitrogens with zero attached hydrogens (tertiary/aromatic N) is 2. The summed E-state index contributed by atoms with van der Waals surface area (Å²) in [4.78, 5) is 29.1. The molecule has 4 nitrogen and oxygen atoms in total. The van der Waals surface area contributed by atoms with Crippen LogP contribution in [0, 0.1) is 23.2 Å². The second-order valence-corrected chi connectivity index (χ2v) is 8.51. The van der Waals surface area contributed by atoms with Gasteiger partial charge in [-0.2, -0.15) is 0 Å². The Hall–Kier alpha value is -1.06. The molecule has 2 saturated heterocycles. The molecule has 0 saturated carbocycles. The van der Waals surface area contributed by atoms with Crippen LogP contribution in [-0.4, -0.2) is 47.8 Å². The number of amides is 2. The van der Waals surface area contributed by atoms with E-state index < -0.39 is 0 Å².